The van der Waals surface area contributed by atoms with Crippen LogP contribution in [-0.2, 0) is 9.59 Å². The topological polar surface area (TPSA) is 61.2 Å². The maximum Gasteiger partial charge on any atom is 0.269 e. The lowest BCUT2D eigenvalue weighted by Gasteiger charge is -1.99. The number of hydrogen-bond acceptors (Lipinski definition) is 2. The first-order valence-corrected chi connectivity index (χ1v) is 1.99. The van der Waals surface area contributed by atoms with Gasteiger partial charge in [0.1, 0.15) is 0 Å². The van der Waals surface area contributed by atoms with Crippen molar-refractivity contribution in [1.82, 2.24) is 10.9 Å². The molecule has 1 rings (SSSR count). The quantitative estimate of drug-likeness (QED) is 0.380. The van der Waals surface area contributed by atoms with Crippen LogP contribution in [0.15, 0.2) is 12.2 Å². The first kappa shape index (κ1) is 4.99. The van der Waals surface area contributed by atoms with Crippen molar-refractivity contribution in [2.24, 2.45) is 0 Å². The van der Waals surface area contributed by atoms with Crippen LogP contribution < -0.4 is 5.84 Å². The Morgan fingerprint density at radius 2 is 1.62 bits per heavy atom. The minimum Gasteiger partial charge on any atom is -0.268 e. The van der Waals surface area contributed by atoms with E-state index < -0.39 is 11.8 Å². The summed E-state index contributed by atoms with van der Waals surface area (Å²) in [4.78, 5) is 20.4. The Kier molecular flexibility index (Phi) is 0.881. The maximum absolute atomic E-state index is 10.2. The third-order valence-electron chi connectivity index (χ3n) is 0.809. The molecule has 0 unspecified atom stereocenters. The fourth-order valence-corrected chi connectivity index (χ4v) is 0.400. The number of carbonyl (C=O) groups is 2. The van der Waals surface area contributed by atoms with Gasteiger partial charge in [-0.05, 0) is 0 Å². The van der Waals surface area contributed by atoms with Crippen LogP contribution in [0.3, 0.4) is 0 Å². The van der Waals surface area contributed by atoms with Crippen LogP contribution in [0.1, 0.15) is 0 Å². The van der Waals surface area contributed by atoms with Crippen LogP contribution in [-0.4, -0.2) is 16.8 Å². The molecule has 1 radical (unpaired) electrons. The molecular formula is C4H3N2O2. The van der Waals surface area contributed by atoms with Crippen molar-refractivity contribution >= 4 is 11.8 Å². The number of nitrogens with zero attached hydrogens (tertiary/aromatic N) is 1. The van der Waals surface area contributed by atoms with Gasteiger partial charge >= 0.3 is 0 Å². The molecule has 0 aromatic rings. The van der Waals surface area contributed by atoms with Crippen molar-refractivity contribution < 1.29 is 9.59 Å². The molecule has 1 N–H and O–H groups in total. The summed E-state index contributed by atoms with van der Waals surface area (Å²) in [7, 11) is 0. The molecule has 0 spiro atoms. The van der Waals surface area contributed by atoms with Crippen LogP contribution in [0.2, 0.25) is 0 Å². The minimum absolute atomic E-state index is 0.306. The molecule has 0 aliphatic carbocycles. The Balaban J connectivity index is 2.84. The van der Waals surface area contributed by atoms with E-state index in [2.05, 4.69) is 0 Å². The predicted octanol–water partition coefficient (Wildman–Crippen LogP) is -0.891. The molecule has 4 heteroatoms. The highest BCUT2D eigenvalue weighted by molar-refractivity contribution is 6.12. The Morgan fingerprint density at radius 3 is 1.75 bits per heavy atom. The summed E-state index contributed by atoms with van der Waals surface area (Å²) in [6.07, 6.45) is 2.13. The molecule has 8 heavy (non-hydrogen) atoms. The Hall–Kier alpha value is -1.16. The van der Waals surface area contributed by atoms with E-state index in [1.165, 1.54) is 0 Å². The van der Waals surface area contributed by atoms with E-state index in [-0.39, 0.29) is 0 Å². The predicted molar refractivity (Wildman–Crippen MR) is 24.1 cm³/mol. The van der Waals surface area contributed by atoms with Gasteiger partial charge in [0, 0.05) is 12.2 Å². The van der Waals surface area contributed by atoms with Gasteiger partial charge in [0.25, 0.3) is 11.8 Å². The van der Waals surface area contributed by atoms with Crippen molar-refractivity contribution in [3.05, 3.63) is 12.2 Å². The van der Waals surface area contributed by atoms with Crippen molar-refractivity contribution in [2.75, 3.05) is 0 Å². The highest BCUT2D eigenvalue weighted by Crippen LogP contribution is 1.96. The molecule has 1 aliphatic heterocycles. The second-order valence-electron chi connectivity index (χ2n) is 1.35. The highest BCUT2D eigenvalue weighted by atomic mass is 16.2. The van der Waals surface area contributed by atoms with Crippen molar-refractivity contribution in [2.45, 2.75) is 0 Å². The summed E-state index contributed by atoms with van der Waals surface area (Å²) >= 11 is 0. The molecule has 0 saturated carbocycles. The zero-order valence-electron chi connectivity index (χ0n) is 3.92. The normalized spacial score (nSPS) is 18.4. The van der Waals surface area contributed by atoms with Gasteiger partial charge in [-0.15, -0.1) is 5.84 Å². The van der Waals surface area contributed by atoms with Crippen molar-refractivity contribution in [3.63, 3.8) is 0 Å². The molecule has 1 aliphatic rings. The van der Waals surface area contributed by atoms with Gasteiger partial charge in [0.05, 0.1) is 0 Å². The van der Waals surface area contributed by atoms with Gasteiger partial charge in [0.15, 0.2) is 0 Å². The second-order valence-corrected chi connectivity index (χ2v) is 1.35. The van der Waals surface area contributed by atoms with E-state index in [9.17, 15) is 9.59 Å². The second kappa shape index (κ2) is 1.41. The summed E-state index contributed by atoms with van der Waals surface area (Å²) in [6.45, 7) is 0. The average Bonchev–Trinajstić information content (AvgIpc) is 1.98. The number of imide groups is 1. The number of rotatable bonds is 0. The van der Waals surface area contributed by atoms with Gasteiger partial charge in [-0.25, -0.2) is 0 Å². The molecule has 0 aromatic carbocycles. The molecule has 0 fully saturated rings. The van der Waals surface area contributed by atoms with E-state index in [0.717, 1.165) is 12.2 Å². The van der Waals surface area contributed by atoms with Gasteiger partial charge in [-0.3, -0.25) is 9.59 Å². The molecule has 1 heterocycles. The molecule has 0 bridgehead atoms. The zero-order chi connectivity index (χ0) is 6.15. The average molecular weight is 111 g/mol. The lowest BCUT2D eigenvalue weighted by molar-refractivity contribution is -0.137. The smallest absolute Gasteiger partial charge is 0.268 e. The third-order valence-corrected chi connectivity index (χ3v) is 0.809. The summed E-state index contributed by atoms with van der Waals surface area (Å²) in [5, 5.41) is 0.306. The Bertz CT molecular complexity index is 155. The molecular weight excluding hydrogens is 108 g/mol. The summed E-state index contributed by atoms with van der Waals surface area (Å²) in [5.74, 6) is 5.47. The third kappa shape index (κ3) is 0.509. The van der Waals surface area contributed by atoms with E-state index in [1.54, 1.807) is 0 Å². The lowest BCUT2D eigenvalue weighted by atomic mass is 10.6. The fourth-order valence-electron chi connectivity index (χ4n) is 0.400. The number of carbonyl (C=O) groups excluding carboxylic acids is 2. The van der Waals surface area contributed by atoms with Crippen LogP contribution in [0, 0.1) is 0 Å². The van der Waals surface area contributed by atoms with E-state index >= 15 is 0 Å². The van der Waals surface area contributed by atoms with Crippen LogP contribution in [0.25, 0.3) is 0 Å². The molecule has 41 valence electrons. The molecule has 0 saturated heterocycles. The largest absolute Gasteiger partial charge is 0.269 e. The SMILES string of the molecule is [NH]N1C(=O)C=CC1=O. The Labute approximate surface area is 45.5 Å². The number of nitrogens with one attached hydrogen (secondary N) is 1. The standard InChI is InChI=1S/C4H3N2O2/c5-6-3(7)1-2-4(6)8/h1-2,5H. The van der Waals surface area contributed by atoms with Gasteiger partial charge in [0.2, 0.25) is 0 Å². The monoisotopic (exact) mass is 111 g/mol. The van der Waals surface area contributed by atoms with Crippen LogP contribution in [0.4, 0.5) is 0 Å². The summed E-state index contributed by atoms with van der Waals surface area (Å²) in [5.41, 5.74) is 0. The van der Waals surface area contributed by atoms with E-state index in [1.807, 2.05) is 0 Å². The van der Waals surface area contributed by atoms with E-state index in [0.29, 0.717) is 5.01 Å². The van der Waals surface area contributed by atoms with Gasteiger partial charge in [-0.1, -0.05) is 0 Å². The van der Waals surface area contributed by atoms with Crippen molar-refractivity contribution in [1.29, 1.82) is 0 Å². The lowest BCUT2D eigenvalue weighted by Crippen LogP contribution is -2.27. The zero-order valence-corrected chi connectivity index (χ0v) is 3.92. The van der Waals surface area contributed by atoms with Crippen molar-refractivity contribution in [3.8, 4) is 0 Å². The number of hydrogen-bond donors (Lipinski definition) is 0. The summed E-state index contributed by atoms with van der Waals surface area (Å²) in [6, 6.07) is 0. The Morgan fingerprint density at radius 1 is 1.25 bits per heavy atom. The first-order valence-electron chi connectivity index (χ1n) is 1.99. The highest BCUT2D eigenvalue weighted by Gasteiger charge is 2.19. The molecule has 2 amide bonds. The molecule has 4 nitrogen and oxygen atoms in total. The molecule has 0 atom stereocenters. The van der Waals surface area contributed by atoms with Crippen LogP contribution >= 0.6 is 0 Å². The van der Waals surface area contributed by atoms with Crippen LogP contribution in [0.5, 0.6) is 0 Å². The van der Waals surface area contributed by atoms with Gasteiger partial charge < -0.3 is 0 Å². The summed E-state index contributed by atoms with van der Waals surface area (Å²) < 4.78 is 0. The maximum atomic E-state index is 10.2. The minimum atomic E-state index is -0.574. The number of amides is 2. The molecule has 0 aromatic heterocycles. The van der Waals surface area contributed by atoms with E-state index in [4.69, 9.17) is 5.84 Å². The fraction of sp³-hybridized carbons (Fsp3) is 0. The first-order chi connectivity index (χ1) is 3.72. The van der Waals surface area contributed by atoms with Gasteiger partial charge in [-0.2, -0.15) is 5.01 Å².